The number of nitrogens with zero attached hydrogens (tertiary/aromatic N) is 3. The summed E-state index contributed by atoms with van der Waals surface area (Å²) >= 11 is 0. The SMILES string of the molecule is N#Cc1ccc(S(=O)(=O)c2ccc(N)nc2N)cc1C#N. The predicted octanol–water partition coefficient (Wildman–Crippen LogP) is 0.822. The molecule has 0 bridgehead atoms. The van der Waals surface area contributed by atoms with Gasteiger partial charge in [0.1, 0.15) is 28.7 Å². The second-order valence-electron chi connectivity index (χ2n) is 4.05. The van der Waals surface area contributed by atoms with E-state index >= 15 is 0 Å². The third kappa shape index (κ3) is 2.48. The summed E-state index contributed by atoms with van der Waals surface area (Å²) in [5.74, 6) is -0.123. The van der Waals surface area contributed by atoms with Gasteiger partial charge < -0.3 is 11.5 Å². The Morgan fingerprint density at radius 2 is 1.67 bits per heavy atom. The van der Waals surface area contributed by atoms with E-state index in [4.69, 9.17) is 22.0 Å². The van der Waals surface area contributed by atoms with Crippen LogP contribution in [0.3, 0.4) is 0 Å². The van der Waals surface area contributed by atoms with Gasteiger partial charge in [0.2, 0.25) is 9.84 Å². The zero-order valence-corrected chi connectivity index (χ0v) is 11.4. The van der Waals surface area contributed by atoms with E-state index in [2.05, 4.69) is 4.98 Å². The molecule has 0 amide bonds. The first-order chi connectivity index (χ1) is 9.90. The molecule has 0 saturated carbocycles. The van der Waals surface area contributed by atoms with E-state index < -0.39 is 9.84 Å². The maximum atomic E-state index is 12.5. The molecule has 0 aliphatic heterocycles. The third-order valence-corrected chi connectivity index (χ3v) is 4.54. The lowest BCUT2D eigenvalue weighted by atomic mass is 10.1. The minimum Gasteiger partial charge on any atom is -0.384 e. The van der Waals surface area contributed by atoms with Gasteiger partial charge in [-0.15, -0.1) is 0 Å². The summed E-state index contributed by atoms with van der Waals surface area (Å²) < 4.78 is 25.0. The van der Waals surface area contributed by atoms with Gasteiger partial charge in [-0.2, -0.15) is 10.5 Å². The van der Waals surface area contributed by atoms with Crippen LogP contribution in [0.15, 0.2) is 40.1 Å². The third-order valence-electron chi connectivity index (χ3n) is 2.74. The fourth-order valence-electron chi connectivity index (χ4n) is 1.71. The second kappa shape index (κ2) is 5.12. The average molecular weight is 299 g/mol. The van der Waals surface area contributed by atoms with Crippen molar-refractivity contribution in [1.82, 2.24) is 4.98 Å². The van der Waals surface area contributed by atoms with Crippen LogP contribution in [0.25, 0.3) is 0 Å². The summed E-state index contributed by atoms with van der Waals surface area (Å²) in [6.45, 7) is 0. The molecule has 1 heterocycles. The first kappa shape index (κ1) is 14.3. The van der Waals surface area contributed by atoms with Crippen molar-refractivity contribution in [2.75, 3.05) is 11.5 Å². The average Bonchev–Trinajstić information content (AvgIpc) is 2.46. The van der Waals surface area contributed by atoms with Crippen molar-refractivity contribution >= 4 is 21.5 Å². The quantitative estimate of drug-likeness (QED) is 0.834. The van der Waals surface area contributed by atoms with Crippen LogP contribution in [0.4, 0.5) is 11.6 Å². The highest BCUT2D eigenvalue weighted by Crippen LogP contribution is 2.26. The summed E-state index contributed by atoms with van der Waals surface area (Å²) in [6.07, 6.45) is 0. The second-order valence-corrected chi connectivity index (χ2v) is 5.97. The Morgan fingerprint density at radius 3 is 2.24 bits per heavy atom. The van der Waals surface area contributed by atoms with E-state index in [-0.39, 0.29) is 32.6 Å². The van der Waals surface area contributed by atoms with E-state index in [1.54, 1.807) is 6.07 Å². The minimum atomic E-state index is -3.95. The maximum Gasteiger partial charge on any atom is 0.210 e. The molecule has 0 fully saturated rings. The highest BCUT2D eigenvalue weighted by Gasteiger charge is 2.22. The van der Waals surface area contributed by atoms with Gasteiger partial charge in [-0.05, 0) is 30.3 Å². The van der Waals surface area contributed by atoms with Crippen LogP contribution in [-0.4, -0.2) is 13.4 Å². The van der Waals surface area contributed by atoms with Gasteiger partial charge in [0.15, 0.2) is 0 Å². The molecule has 104 valence electrons. The summed E-state index contributed by atoms with van der Waals surface area (Å²) in [4.78, 5) is 3.35. The molecule has 0 radical (unpaired) electrons. The van der Waals surface area contributed by atoms with Crippen molar-refractivity contribution in [3.63, 3.8) is 0 Å². The number of anilines is 2. The number of aromatic nitrogens is 1. The molecule has 2 aromatic rings. The molecule has 0 aliphatic carbocycles. The Hall–Kier alpha value is -3.10. The Balaban J connectivity index is 2.66. The van der Waals surface area contributed by atoms with Crippen molar-refractivity contribution in [3.8, 4) is 12.1 Å². The number of rotatable bonds is 2. The number of hydrogen-bond donors (Lipinski definition) is 2. The van der Waals surface area contributed by atoms with Crippen LogP contribution in [0, 0.1) is 22.7 Å². The first-order valence-corrected chi connectivity index (χ1v) is 7.10. The standard InChI is InChI=1S/C13H9N5O2S/c14-6-8-1-2-10(5-9(8)7-15)21(19,20)11-3-4-12(16)18-13(11)17/h1-5H,(H4,16,17,18). The molecule has 7 nitrogen and oxygen atoms in total. The number of sulfone groups is 1. The van der Waals surface area contributed by atoms with Crippen molar-refractivity contribution in [3.05, 3.63) is 41.5 Å². The van der Waals surface area contributed by atoms with E-state index in [1.165, 1.54) is 24.3 Å². The molecule has 8 heteroatoms. The molecule has 0 aliphatic rings. The van der Waals surface area contributed by atoms with Crippen molar-refractivity contribution in [2.45, 2.75) is 9.79 Å². The van der Waals surface area contributed by atoms with E-state index in [0.717, 1.165) is 6.07 Å². The predicted molar refractivity (Wildman–Crippen MR) is 74.4 cm³/mol. The highest BCUT2D eigenvalue weighted by molar-refractivity contribution is 7.91. The van der Waals surface area contributed by atoms with Crippen LogP contribution >= 0.6 is 0 Å². The lowest BCUT2D eigenvalue weighted by molar-refractivity contribution is 0.596. The van der Waals surface area contributed by atoms with Crippen LogP contribution < -0.4 is 11.5 Å². The maximum absolute atomic E-state index is 12.5. The van der Waals surface area contributed by atoms with Crippen molar-refractivity contribution in [2.24, 2.45) is 0 Å². The Kier molecular flexibility index (Phi) is 3.49. The summed E-state index contributed by atoms with van der Waals surface area (Å²) in [6, 6.07) is 9.80. The number of pyridine rings is 1. The molecular formula is C13H9N5O2S. The highest BCUT2D eigenvalue weighted by atomic mass is 32.2. The fourth-order valence-corrected chi connectivity index (χ4v) is 3.05. The minimum absolute atomic E-state index is 0.0273. The zero-order valence-electron chi connectivity index (χ0n) is 10.6. The van der Waals surface area contributed by atoms with Crippen LogP contribution in [-0.2, 0) is 9.84 Å². The van der Waals surface area contributed by atoms with Gasteiger partial charge in [-0.25, -0.2) is 13.4 Å². The molecule has 0 spiro atoms. The summed E-state index contributed by atoms with van der Waals surface area (Å²) in [7, 11) is -3.95. The van der Waals surface area contributed by atoms with Crippen LogP contribution in [0.5, 0.6) is 0 Å². The Labute approximate surface area is 121 Å². The van der Waals surface area contributed by atoms with Gasteiger partial charge in [0, 0.05) is 0 Å². The van der Waals surface area contributed by atoms with Crippen molar-refractivity contribution in [1.29, 1.82) is 10.5 Å². The number of nitrogens with two attached hydrogens (primary N) is 2. The van der Waals surface area contributed by atoms with Gasteiger partial charge in [0.25, 0.3) is 0 Å². The smallest absolute Gasteiger partial charge is 0.210 e. The lowest BCUT2D eigenvalue weighted by Gasteiger charge is -2.08. The summed E-state index contributed by atoms with van der Waals surface area (Å²) in [5, 5.41) is 17.8. The Bertz CT molecular complexity index is 907. The molecule has 4 N–H and O–H groups in total. The normalized spacial score (nSPS) is 10.6. The number of benzene rings is 1. The molecule has 2 rings (SSSR count). The zero-order chi connectivity index (χ0) is 15.6. The molecule has 1 aromatic carbocycles. The molecule has 0 unspecified atom stereocenters. The van der Waals surface area contributed by atoms with Gasteiger partial charge in [-0.1, -0.05) is 0 Å². The molecule has 1 aromatic heterocycles. The van der Waals surface area contributed by atoms with Gasteiger partial charge >= 0.3 is 0 Å². The molecule has 21 heavy (non-hydrogen) atoms. The van der Waals surface area contributed by atoms with Gasteiger partial charge in [0.05, 0.1) is 16.0 Å². The van der Waals surface area contributed by atoms with Crippen molar-refractivity contribution < 1.29 is 8.42 Å². The van der Waals surface area contributed by atoms with Crippen LogP contribution in [0.2, 0.25) is 0 Å². The molecular weight excluding hydrogens is 290 g/mol. The van der Waals surface area contributed by atoms with Crippen LogP contribution in [0.1, 0.15) is 11.1 Å². The number of hydrogen-bond acceptors (Lipinski definition) is 7. The molecule has 0 atom stereocenters. The topological polar surface area (TPSA) is 147 Å². The molecule has 0 saturated heterocycles. The monoisotopic (exact) mass is 299 g/mol. The lowest BCUT2D eigenvalue weighted by Crippen LogP contribution is -2.08. The van der Waals surface area contributed by atoms with Gasteiger partial charge in [-0.3, -0.25) is 0 Å². The fraction of sp³-hybridized carbons (Fsp3) is 0. The largest absolute Gasteiger partial charge is 0.384 e. The number of nitriles is 2. The summed E-state index contributed by atoms with van der Waals surface area (Å²) in [5.41, 5.74) is 11.1. The Morgan fingerprint density at radius 1 is 1.00 bits per heavy atom. The van der Waals surface area contributed by atoms with E-state index in [0.29, 0.717) is 0 Å². The van der Waals surface area contributed by atoms with E-state index in [9.17, 15) is 8.42 Å². The van der Waals surface area contributed by atoms with E-state index in [1.807, 2.05) is 6.07 Å². The number of nitrogen functional groups attached to an aromatic ring is 2. The first-order valence-electron chi connectivity index (χ1n) is 5.61.